The first-order chi connectivity index (χ1) is 17.5. The number of hydrogen-bond donors (Lipinski definition) is 2. The number of rotatable bonds is 8. The zero-order chi connectivity index (χ0) is 26.7. The number of amides is 1. The van der Waals surface area contributed by atoms with Crippen molar-refractivity contribution in [2.45, 2.75) is 64.8 Å². The average Bonchev–Trinajstić information content (AvgIpc) is 3.53. The van der Waals surface area contributed by atoms with E-state index >= 15 is 0 Å². The van der Waals surface area contributed by atoms with Gasteiger partial charge in [-0.15, -0.1) is 21.5 Å². The molecule has 10 nitrogen and oxygen atoms in total. The number of likely N-dealkylation sites (tertiary alicyclic amines) is 1. The fourth-order valence-corrected chi connectivity index (χ4v) is 5.45. The summed E-state index contributed by atoms with van der Waals surface area (Å²) in [4.78, 5) is 41.5. The van der Waals surface area contributed by atoms with Crippen LogP contribution < -0.4 is 11.1 Å². The highest BCUT2D eigenvalue weighted by Crippen LogP contribution is 2.30. The molecule has 1 amide bonds. The van der Waals surface area contributed by atoms with Gasteiger partial charge in [-0.1, -0.05) is 39.3 Å². The molecule has 1 saturated heterocycles. The van der Waals surface area contributed by atoms with Crippen LogP contribution in [0.5, 0.6) is 0 Å². The van der Waals surface area contributed by atoms with Crippen molar-refractivity contribution in [3.63, 3.8) is 0 Å². The number of carbonyl (C=O) groups excluding carboxylic acids is 2. The molecule has 3 aromatic heterocycles. The summed E-state index contributed by atoms with van der Waals surface area (Å²) in [5, 5.41) is 11.7. The van der Waals surface area contributed by atoms with Crippen LogP contribution in [0.15, 0.2) is 18.6 Å². The van der Waals surface area contributed by atoms with E-state index in [9.17, 15) is 9.59 Å². The van der Waals surface area contributed by atoms with Crippen molar-refractivity contribution in [3.8, 4) is 0 Å². The summed E-state index contributed by atoms with van der Waals surface area (Å²) in [5.41, 5.74) is 7.69. The molecule has 0 radical (unpaired) electrons. The van der Waals surface area contributed by atoms with Crippen molar-refractivity contribution >= 4 is 46.3 Å². The van der Waals surface area contributed by atoms with Crippen LogP contribution >= 0.6 is 22.9 Å². The summed E-state index contributed by atoms with van der Waals surface area (Å²) in [6.07, 6.45) is 5.30. The maximum Gasteiger partial charge on any atom is 0.268 e. The average molecular weight is 543 g/mol. The zero-order valence-electron chi connectivity index (χ0n) is 21.4. The molecular formula is C25H31ClN8O2S. The van der Waals surface area contributed by atoms with E-state index in [-0.39, 0.29) is 29.4 Å². The van der Waals surface area contributed by atoms with E-state index in [1.807, 2.05) is 27.7 Å². The van der Waals surface area contributed by atoms with Gasteiger partial charge in [0.2, 0.25) is 0 Å². The molecule has 3 N–H and O–H groups in total. The molecule has 4 heterocycles. The van der Waals surface area contributed by atoms with Gasteiger partial charge in [0.1, 0.15) is 22.7 Å². The second kappa shape index (κ2) is 11.2. The largest absolute Gasteiger partial charge is 0.383 e. The van der Waals surface area contributed by atoms with Gasteiger partial charge in [-0.05, 0) is 37.4 Å². The van der Waals surface area contributed by atoms with Crippen LogP contribution in [0.2, 0.25) is 5.15 Å². The van der Waals surface area contributed by atoms with Crippen molar-refractivity contribution in [3.05, 3.63) is 50.4 Å². The molecule has 196 valence electrons. The van der Waals surface area contributed by atoms with Crippen LogP contribution in [0.25, 0.3) is 0 Å². The molecule has 3 aromatic rings. The Hall–Kier alpha value is -3.02. The van der Waals surface area contributed by atoms with Gasteiger partial charge >= 0.3 is 0 Å². The van der Waals surface area contributed by atoms with Crippen molar-refractivity contribution in [2.75, 3.05) is 24.1 Å². The molecular weight excluding hydrogens is 512 g/mol. The number of carbonyl (C=O) groups is 2. The highest BCUT2D eigenvalue weighted by molar-refractivity contribution is 7.13. The van der Waals surface area contributed by atoms with E-state index in [0.29, 0.717) is 44.5 Å². The number of Topliss-reactive ketones (excluding diaryl/α,β-unsaturated/α-hetero) is 1. The molecule has 12 heteroatoms. The number of anilines is 2. The number of ketones is 1. The van der Waals surface area contributed by atoms with Gasteiger partial charge in [0.05, 0.1) is 11.2 Å². The SMILES string of the molecule is CC(CC(=O)c1ncnc(N)c1CN1CCCC1)c1ncc(C(=O)Nc2cc(C(C)(C)C)c(Cl)nn2)s1. The predicted octanol–water partition coefficient (Wildman–Crippen LogP) is 4.48. The zero-order valence-corrected chi connectivity index (χ0v) is 23.0. The van der Waals surface area contributed by atoms with Crippen molar-refractivity contribution < 1.29 is 9.59 Å². The van der Waals surface area contributed by atoms with Crippen molar-refractivity contribution in [1.82, 2.24) is 30.0 Å². The van der Waals surface area contributed by atoms with E-state index in [1.165, 1.54) is 23.9 Å². The van der Waals surface area contributed by atoms with Gasteiger partial charge in [-0.25, -0.2) is 15.0 Å². The van der Waals surface area contributed by atoms with Crippen LogP contribution in [0.1, 0.15) is 89.2 Å². The van der Waals surface area contributed by atoms with E-state index in [0.717, 1.165) is 31.5 Å². The Morgan fingerprint density at radius 3 is 2.62 bits per heavy atom. The summed E-state index contributed by atoms with van der Waals surface area (Å²) in [6.45, 7) is 10.4. The van der Waals surface area contributed by atoms with Gasteiger partial charge in [-0.2, -0.15) is 0 Å². The minimum atomic E-state index is -0.352. The lowest BCUT2D eigenvalue weighted by Gasteiger charge is -2.20. The molecule has 1 unspecified atom stereocenters. The maximum atomic E-state index is 13.2. The highest BCUT2D eigenvalue weighted by Gasteiger charge is 2.25. The normalized spacial score (nSPS) is 15.1. The third-order valence-electron chi connectivity index (χ3n) is 6.28. The van der Waals surface area contributed by atoms with E-state index in [2.05, 4.69) is 35.4 Å². The Morgan fingerprint density at radius 2 is 1.92 bits per heavy atom. The van der Waals surface area contributed by atoms with Gasteiger partial charge in [0.15, 0.2) is 16.8 Å². The fourth-order valence-electron chi connectivity index (χ4n) is 4.21. The Labute approximate surface area is 225 Å². The van der Waals surface area contributed by atoms with Crippen LogP contribution in [-0.4, -0.2) is 54.8 Å². The van der Waals surface area contributed by atoms with Gasteiger partial charge in [0, 0.05) is 30.0 Å². The lowest BCUT2D eigenvalue weighted by atomic mass is 9.88. The smallest absolute Gasteiger partial charge is 0.268 e. The number of aromatic nitrogens is 5. The van der Waals surface area contributed by atoms with Crippen LogP contribution in [-0.2, 0) is 12.0 Å². The lowest BCUT2D eigenvalue weighted by Crippen LogP contribution is -2.23. The standard InChI is InChI=1S/C25H31ClN8O2S/c1-14(9-17(35)20-15(22(27)30-13-29-20)12-34-7-5-6-8-34)24-28-11-18(37-24)23(36)31-19-10-16(25(2,3)4)21(26)33-32-19/h10-11,13-14H,5-9,12H2,1-4H3,(H2,27,29,30)(H,31,32,36). The van der Waals surface area contributed by atoms with Gasteiger partial charge < -0.3 is 11.1 Å². The third-order valence-corrected chi connectivity index (χ3v) is 7.79. The molecule has 1 atom stereocenters. The summed E-state index contributed by atoms with van der Waals surface area (Å²) in [6, 6.07) is 1.73. The highest BCUT2D eigenvalue weighted by atomic mass is 35.5. The first kappa shape index (κ1) is 27.0. The molecule has 0 bridgehead atoms. The van der Waals surface area contributed by atoms with E-state index in [4.69, 9.17) is 17.3 Å². The predicted molar refractivity (Wildman–Crippen MR) is 144 cm³/mol. The number of hydrogen-bond acceptors (Lipinski definition) is 10. The van der Waals surface area contributed by atoms with E-state index < -0.39 is 0 Å². The number of nitrogens with two attached hydrogens (primary N) is 1. The number of nitrogens with one attached hydrogen (secondary N) is 1. The van der Waals surface area contributed by atoms with Gasteiger partial charge in [0.25, 0.3) is 5.91 Å². The van der Waals surface area contributed by atoms with Crippen molar-refractivity contribution in [2.24, 2.45) is 0 Å². The Kier molecular flexibility index (Phi) is 8.15. The molecule has 4 rings (SSSR count). The monoisotopic (exact) mass is 542 g/mol. The summed E-state index contributed by atoms with van der Waals surface area (Å²) < 4.78 is 0. The maximum absolute atomic E-state index is 13.2. The number of nitrogens with zero attached hydrogens (tertiary/aromatic N) is 6. The minimum Gasteiger partial charge on any atom is -0.383 e. The molecule has 1 fully saturated rings. The van der Waals surface area contributed by atoms with Crippen molar-refractivity contribution in [1.29, 1.82) is 0 Å². The molecule has 0 aliphatic carbocycles. The third kappa shape index (κ3) is 6.46. The second-order valence-corrected chi connectivity index (χ2v) is 11.7. The molecule has 1 aliphatic heterocycles. The van der Waals surface area contributed by atoms with Crippen LogP contribution in [0.4, 0.5) is 11.6 Å². The Balaban J connectivity index is 1.44. The Bertz CT molecular complexity index is 1300. The molecule has 0 saturated carbocycles. The quantitative estimate of drug-likeness (QED) is 0.394. The lowest BCUT2D eigenvalue weighted by molar-refractivity contribution is 0.0967. The molecule has 0 spiro atoms. The summed E-state index contributed by atoms with van der Waals surface area (Å²) in [7, 11) is 0. The fraction of sp³-hybridized carbons (Fsp3) is 0.480. The van der Waals surface area contributed by atoms with Crippen LogP contribution in [0, 0.1) is 0 Å². The first-order valence-corrected chi connectivity index (χ1v) is 13.4. The first-order valence-electron chi connectivity index (χ1n) is 12.2. The number of halogens is 1. The van der Waals surface area contributed by atoms with E-state index in [1.54, 1.807) is 6.07 Å². The minimum absolute atomic E-state index is 0.122. The summed E-state index contributed by atoms with van der Waals surface area (Å²) in [5.74, 6) is -0.0357. The van der Waals surface area contributed by atoms with Crippen LogP contribution in [0.3, 0.4) is 0 Å². The molecule has 37 heavy (non-hydrogen) atoms. The summed E-state index contributed by atoms with van der Waals surface area (Å²) >= 11 is 7.42. The second-order valence-electron chi connectivity index (χ2n) is 10.3. The van der Waals surface area contributed by atoms with Gasteiger partial charge in [-0.3, -0.25) is 14.5 Å². The topological polar surface area (TPSA) is 140 Å². The number of thiazole rings is 1. The molecule has 1 aliphatic rings. The molecule has 0 aromatic carbocycles. The number of nitrogen functional groups attached to an aromatic ring is 1. The Morgan fingerprint density at radius 1 is 1.19 bits per heavy atom.